The summed E-state index contributed by atoms with van der Waals surface area (Å²) in [6, 6.07) is 12.5. The molecule has 1 fully saturated rings. The predicted molar refractivity (Wildman–Crippen MR) is 140 cm³/mol. The number of nitriles is 1. The van der Waals surface area contributed by atoms with Gasteiger partial charge in [-0.05, 0) is 66.6 Å². The van der Waals surface area contributed by atoms with Crippen LogP contribution in [-0.4, -0.2) is 36.6 Å². The van der Waals surface area contributed by atoms with Gasteiger partial charge < -0.3 is 5.73 Å². The number of sulfonamides is 1. The van der Waals surface area contributed by atoms with Crippen LogP contribution in [0.15, 0.2) is 76.4 Å². The third-order valence-corrected chi connectivity index (χ3v) is 9.38. The maximum Gasteiger partial charge on any atom is 0.243 e. The summed E-state index contributed by atoms with van der Waals surface area (Å²) in [5.41, 5.74) is 9.41. The normalized spacial score (nSPS) is 22.6. The number of allylic oxidation sites excluding steroid dienone is 3. The first kappa shape index (κ1) is 25.2. The van der Waals surface area contributed by atoms with Crippen molar-refractivity contribution in [1.82, 2.24) is 9.29 Å². The standard InChI is InChI=1S/C28H31N5O3S/c1-28(2)16-23-26(24(34)17-28)25(19-10-12-31-13-11-19)22(18-29)27(30)33(23)20-6-8-21(9-7-20)37(35,36)32-14-4-3-5-15-32/h6-13,25H,3-5,14-17,30H2,1-2H3. The molecular weight excluding hydrogens is 486 g/mol. The van der Waals surface area contributed by atoms with E-state index in [0.717, 1.165) is 30.5 Å². The van der Waals surface area contributed by atoms with Crippen molar-refractivity contribution < 1.29 is 13.2 Å². The molecule has 2 aliphatic heterocycles. The summed E-state index contributed by atoms with van der Waals surface area (Å²) in [5.74, 6) is -0.329. The minimum atomic E-state index is -3.59. The van der Waals surface area contributed by atoms with Crippen molar-refractivity contribution in [2.75, 3.05) is 18.0 Å². The number of benzene rings is 1. The molecule has 9 heteroatoms. The maximum atomic E-state index is 13.6. The van der Waals surface area contributed by atoms with Crippen LogP contribution in [0, 0.1) is 16.7 Å². The molecule has 0 bridgehead atoms. The highest BCUT2D eigenvalue weighted by atomic mass is 32.2. The van der Waals surface area contributed by atoms with Crippen molar-refractivity contribution in [3.63, 3.8) is 0 Å². The first-order valence-corrected chi connectivity index (χ1v) is 14.0. The van der Waals surface area contributed by atoms with Gasteiger partial charge in [0, 0.05) is 48.9 Å². The molecule has 1 atom stereocenters. The number of nitrogens with two attached hydrogens (primary N) is 1. The molecule has 1 saturated heterocycles. The third kappa shape index (κ3) is 4.45. The zero-order valence-corrected chi connectivity index (χ0v) is 22.0. The van der Waals surface area contributed by atoms with E-state index < -0.39 is 15.9 Å². The molecule has 0 radical (unpaired) electrons. The van der Waals surface area contributed by atoms with Gasteiger partial charge in [-0.3, -0.25) is 14.7 Å². The molecule has 3 heterocycles. The molecule has 0 spiro atoms. The smallest absolute Gasteiger partial charge is 0.243 e. The predicted octanol–water partition coefficient (Wildman–Crippen LogP) is 4.20. The number of rotatable bonds is 4. The van der Waals surface area contributed by atoms with Gasteiger partial charge in [-0.1, -0.05) is 20.3 Å². The molecule has 0 saturated carbocycles. The number of nitrogens with zero attached hydrogens (tertiary/aromatic N) is 4. The van der Waals surface area contributed by atoms with Gasteiger partial charge in [-0.2, -0.15) is 9.57 Å². The van der Waals surface area contributed by atoms with Crippen LogP contribution in [0.4, 0.5) is 5.69 Å². The van der Waals surface area contributed by atoms with Crippen LogP contribution in [0.25, 0.3) is 0 Å². The zero-order valence-electron chi connectivity index (χ0n) is 21.1. The van der Waals surface area contributed by atoms with Crippen LogP contribution in [0.5, 0.6) is 0 Å². The molecule has 192 valence electrons. The number of aromatic nitrogens is 1. The highest BCUT2D eigenvalue weighted by Gasteiger charge is 2.44. The Morgan fingerprint density at radius 2 is 1.68 bits per heavy atom. The number of hydrogen-bond acceptors (Lipinski definition) is 7. The first-order valence-electron chi connectivity index (χ1n) is 12.6. The third-order valence-electron chi connectivity index (χ3n) is 7.47. The summed E-state index contributed by atoms with van der Waals surface area (Å²) in [5, 5.41) is 10.2. The second-order valence-electron chi connectivity index (χ2n) is 10.7. The Balaban J connectivity index is 1.62. The molecule has 5 rings (SSSR count). The van der Waals surface area contributed by atoms with Crippen LogP contribution in [0.1, 0.15) is 57.4 Å². The summed E-state index contributed by atoms with van der Waals surface area (Å²) in [6.45, 7) is 5.15. The van der Waals surface area contributed by atoms with E-state index in [1.807, 2.05) is 26.0 Å². The van der Waals surface area contributed by atoms with E-state index >= 15 is 0 Å². The van der Waals surface area contributed by atoms with Crippen molar-refractivity contribution in [1.29, 1.82) is 5.26 Å². The van der Waals surface area contributed by atoms with Gasteiger partial charge in [0.2, 0.25) is 10.0 Å². The molecule has 0 amide bonds. The van der Waals surface area contributed by atoms with E-state index in [9.17, 15) is 18.5 Å². The van der Waals surface area contributed by atoms with Gasteiger partial charge in [0.15, 0.2) is 5.78 Å². The number of pyridine rings is 1. The average molecular weight is 518 g/mol. The van der Waals surface area contributed by atoms with Crippen molar-refractivity contribution in [2.24, 2.45) is 11.1 Å². The fourth-order valence-corrected chi connectivity index (χ4v) is 7.23. The lowest BCUT2D eigenvalue weighted by Gasteiger charge is -2.43. The van der Waals surface area contributed by atoms with E-state index in [1.165, 1.54) is 4.31 Å². The Morgan fingerprint density at radius 1 is 1.03 bits per heavy atom. The monoisotopic (exact) mass is 517 g/mol. The van der Waals surface area contributed by atoms with E-state index in [2.05, 4.69) is 11.1 Å². The Kier molecular flexibility index (Phi) is 6.42. The number of carbonyl (C=O) groups is 1. The number of anilines is 1. The van der Waals surface area contributed by atoms with Crippen LogP contribution in [-0.2, 0) is 14.8 Å². The summed E-state index contributed by atoms with van der Waals surface area (Å²) in [4.78, 5) is 19.7. The number of piperidine rings is 1. The second-order valence-corrected chi connectivity index (χ2v) is 12.7. The SMILES string of the molecule is CC1(C)CC(=O)C2=C(C1)N(c1ccc(S(=O)(=O)N3CCCCC3)cc1)C(N)=C(C#N)C2c1ccncc1. The molecule has 2 aromatic rings. The van der Waals surface area contributed by atoms with Gasteiger partial charge >= 0.3 is 0 Å². The average Bonchev–Trinajstić information content (AvgIpc) is 2.88. The van der Waals surface area contributed by atoms with E-state index in [-0.39, 0.29) is 21.9 Å². The second kappa shape index (κ2) is 9.43. The van der Waals surface area contributed by atoms with E-state index in [0.29, 0.717) is 42.8 Å². The zero-order chi connectivity index (χ0) is 26.4. The molecule has 37 heavy (non-hydrogen) atoms. The highest BCUT2D eigenvalue weighted by Crippen LogP contribution is 2.50. The van der Waals surface area contributed by atoms with Crippen LogP contribution < -0.4 is 10.6 Å². The molecule has 2 N–H and O–H groups in total. The lowest BCUT2D eigenvalue weighted by molar-refractivity contribution is -0.118. The summed E-state index contributed by atoms with van der Waals surface area (Å²) >= 11 is 0. The van der Waals surface area contributed by atoms with Crippen LogP contribution in [0.2, 0.25) is 0 Å². The molecule has 1 aliphatic carbocycles. The molecular formula is C28H31N5O3S. The maximum absolute atomic E-state index is 13.6. The lowest BCUT2D eigenvalue weighted by atomic mass is 9.68. The molecule has 8 nitrogen and oxygen atoms in total. The topological polar surface area (TPSA) is 120 Å². The first-order chi connectivity index (χ1) is 17.6. The van der Waals surface area contributed by atoms with Gasteiger partial charge in [0.05, 0.1) is 22.5 Å². The van der Waals surface area contributed by atoms with E-state index in [4.69, 9.17) is 5.73 Å². The van der Waals surface area contributed by atoms with Gasteiger partial charge in [0.1, 0.15) is 5.82 Å². The fraction of sp³-hybridized carbons (Fsp3) is 0.393. The van der Waals surface area contributed by atoms with Gasteiger partial charge in [-0.25, -0.2) is 8.42 Å². The summed E-state index contributed by atoms with van der Waals surface area (Å²) < 4.78 is 27.9. The number of carbonyl (C=O) groups excluding carboxylic acids is 1. The molecule has 3 aliphatic rings. The van der Waals surface area contributed by atoms with Crippen molar-refractivity contribution in [3.8, 4) is 6.07 Å². The Morgan fingerprint density at radius 3 is 2.30 bits per heavy atom. The molecule has 1 aromatic heterocycles. The number of Topliss-reactive ketones (excluding diaryl/α,β-unsaturated/α-hetero) is 1. The Labute approximate surface area is 218 Å². The quantitative estimate of drug-likeness (QED) is 0.645. The minimum absolute atomic E-state index is 0.0115. The summed E-state index contributed by atoms with van der Waals surface area (Å²) in [6.07, 6.45) is 7.01. The number of hydrogen-bond donors (Lipinski definition) is 1. The van der Waals surface area contributed by atoms with Gasteiger partial charge in [0.25, 0.3) is 0 Å². The van der Waals surface area contributed by atoms with Crippen molar-refractivity contribution in [2.45, 2.75) is 56.8 Å². The Bertz CT molecular complexity index is 1430. The molecule has 1 unspecified atom stereocenters. The minimum Gasteiger partial charge on any atom is -0.384 e. The molecule has 1 aromatic carbocycles. The van der Waals surface area contributed by atoms with Crippen molar-refractivity contribution in [3.05, 3.63) is 77.0 Å². The number of ketones is 1. The van der Waals surface area contributed by atoms with Crippen LogP contribution in [0.3, 0.4) is 0 Å². The summed E-state index contributed by atoms with van der Waals surface area (Å²) in [7, 11) is -3.59. The van der Waals surface area contributed by atoms with Gasteiger partial charge in [-0.15, -0.1) is 0 Å². The van der Waals surface area contributed by atoms with Crippen molar-refractivity contribution >= 4 is 21.5 Å². The van der Waals surface area contributed by atoms with E-state index in [1.54, 1.807) is 41.6 Å². The lowest BCUT2D eigenvalue weighted by Crippen LogP contribution is -2.42. The highest BCUT2D eigenvalue weighted by molar-refractivity contribution is 7.89. The largest absolute Gasteiger partial charge is 0.384 e. The Hall–Kier alpha value is -3.48. The van der Waals surface area contributed by atoms with Crippen LogP contribution >= 0.6 is 0 Å². The fourth-order valence-electron chi connectivity index (χ4n) is 5.71.